The van der Waals surface area contributed by atoms with Crippen LogP contribution in [0.15, 0.2) is 84.9 Å². The first-order chi connectivity index (χ1) is 12.7. The third kappa shape index (κ3) is 4.20. The highest BCUT2D eigenvalue weighted by Gasteiger charge is 2.20. The minimum atomic E-state index is -0.659. The van der Waals surface area contributed by atoms with Gasteiger partial charge in [-0.25, -0.2) is 0 Å². The fourth-order valence-corrected chi connectivity index (χ4v) is 5.52. The maximum atomic E-state index is 12.1. The Labute approximate surface area is 157 Å². The van der Waals surface area contributed by atoms with E-state index in [-0.39, 0.29) is 5.91 Å². The first kappa shape index (κ1) is 18.4. The molecule has 26 heavy (non-hydrogen) atoms. The summed E-state index contributed by atoms with van der Waals surface area (Å²) in [6.07, 6.45) is 0.533. The van der Waals surface area contributed by atoms with Gasteiger partial charge in [-0.15, -0.1) is 0 Å². The number of amides is 1. The first-order valence-electron chi connectivity index (χ1n) is 8.92. The van der Waals surface area contributed by atoms with Gasteiger partial charge in [-0.2, -0.15) is 0 Å². The summed E-state index contributed by atoms with van der Waals surface area (Å²) in [7, 11) is 1.23. The summed E-state index contributed by atoms with van der Waals surface area (Å²) in [5.41, 5.74) is 1.22. The minimum Gasteiger partial charge on any atom is -0.341 e. The largest absolute Gasteiger partial charge is 0.341 e. The Hall–Kier alpha value is -2.44. The molecule has 0 N–H and O–H groups in total. The van der Waals surface area contributed by atoms with Crippen LogP contribution in [0.5, 0.6) is 0 Å². The van der Waals surface area contributed by atoms with Crippen molar-refractivity contribution in [2.45, 2.75) is 19.9 Å². The molecule has 0 aliphatic carbocycles. The van der Waals surface area contributed by atoms with E-state index in [1.54, 1.807) is 0 Å². The molecule has 0 atom stereocenters. The van der Waals surface area contributed by atoms with Crippen LogP contribution in [-0.2, 0) is 11.3 Å². The molecule has 132 valence electrons. The van der Waals surface area contributed by atoms with Crippen molar-refractivity contribution in [2.24, 2.45) is 0 Å². The van der Waals surface area contributed by atoms with E-state index in [2.05, 4.69) is 84.9 Å². The highest BCUT2D eigenvalue weighted by molar-refractivity contribution is 7.79. The molecule has 1 amide bonds. The molecule has 0 spiro atoms. The lowest BCUT2D eigenvalue weighted by atomic mass is 10.2. The molecule has 3 heteroatoms. The lowest BCUT2D eigenvalue weighted by Crippen LogP contribution is -2.30. The van der Waals surface area contributed by atoms with Crippen LogP contribution in [0, 0.1) is 0 Å². The molecule has 3 aromatic carbocycles. The molecule has 0 saturated heterocycles. The predicted octanol–water partition coefficient (Wildman–Crippen LogP) is 3.81. The van der Waals surface area contributed by atoms with Gasteiger partial charge >= 0.3 is 0 Å². The van der Waals surface area contributed by atoms with E-state index in [9.17, 15) is 4.79 Å². The van der Waals surface area contributed by atoms with Gasteiger partial charge < -0.3 is 4.90 Å². The van der Waals surface area contributed by atoms with Crippen LogP contribution in [0.2, 0.25) is 0 Å². The second-order valence-electron chi connectivity index (χ2n) is 6.24. The molecular formula is C23H24NOP. The molecule has 0 bridgehead atoms. The standard InChI is InChI=1S/C23H24NOP/c1-3-23(25)24(2)18-19-12-10-11-17-22(19)26(20-13-6-4-7-14-20)21-15-8-5-9-16-21/h4-17H,3,18H2,1-2H3. The van der Waals surface area contributed by atoms with E-state index >= 15 is 0 Å². The van der Waals surface area contributed by atoms with Gasteiger partial charge in [-0.1, -0.05) is 91.9 Å². The van der Waals surface area contributed by atoms with Gasteiger partial charge in [0, 0.05) is 20.0 Å². The van der Waals surface area contributed by atoms with Crippen LogP contribution in [0.3, 0.4) is 0 Å². The molecular weight excluding hydrogens is 337 g/mol. The zero-order chi connectivity index (χ0) is 18.4. The Balaban J connectivity index is 2.07. The zero-order valence-electron chi connectivity index (χ0n) is 15.3. The van der Waals surface area contributed by atoms with Crippen molar-refractivity contribution in [3.8, 4) is 0 Å². The number of carbonyl (C=O) groups is 1. The normalized spacial score (nSPS) is 10.7. The Morgan fingerprint density at radius 1 is 0.808 bits per heavy atom. The van der Waals surface area contributed by atoms with Crippen LogP contribution >= 0.6 is 7.92 Å². The van der Waals surface area contributed by atoms with Crippen LogP contribution in [0.1, 0.15) is 18.9 Å². The highest BCUT2D eigenvalue weighted by Crippen LogP contribution is 2.34. The Morgan fingerprint density at radius 2 is 1.31 bits per heavy atom. The Bertz CT molecular complexity index is 809. The lowest BCUT2D eigenvalue weighted by Gasteiger charge is -2.24. The summed E-state index contributed by atoms with van der Waals surface area (Å²) in [4.78, 5) is 13.9. The average molecular weight is 361 g/mol. The van der Waals surface area contributed by atoms with Gasteiger partial charge in [0.15, 0.2) is 0 Å². The van der Waals surface area contributed by atoms with E-state index < -0.39 is 7.92 Å². The second kappa shape index (κ2) is 8.78. The summed E-state index contributed by atoms with van der Waals surface area (Å²) in [6, 6.07) is 29.9. The van der Waals surface area contributed by atoms with Gasteiger partial charge in [0.05, 0.1) is 0 Å². The smallest absolute Gasteiger partial charge is 0.222 e. The monoisotopic (exact) mass is 361 g/mol. The van der Waals surface area contributed by atoms with Crippen LogP contribution in [0.25, 0.3) is 0 Å². The molecule has 0 saturated carbocycles. The van der Waals surface area contributed by atoms with Crippen LogP contribution < -0.4 is 15.9 Å². The first-order valence-corrected chi connectivity index (χ1v) is 10.3. The molecule has 0 unspecified atom stereocenters. The van der Waals surface area contributed by atoms with E-state index in [0.717, 1.165) is 0 Å². The number of carbonyl (C=O) groups excluding carboxylic acids is 1. The number of rotatable bonds is 6. The SMILES string of the molecule is CCC(=O)N(C)Cc1ccccc1P(c1ccccc1)c1ccccc1. The van der Waals surface area contributed by atoms with E-state index in [1.165, 1.54) is 21.5 Å². The third-order valence-corrected chi connectivity index (χ3v) is 6.94. The van der Waals surface area contributed by atoms with Crippen LogP contribution in [-0.4, -0.2) is 17.9 Å². The van der Waals surface area contributed by atoms with Crippen molar-refractivity contribution in [1.29, 1.82) is 0 Å². The second-order valence-corrected chi connectivity index (χ2v) is 8.42. The van der Waals surface area contributed by atoms with Crippen LogP contribution in [0.4, 0.5) is 0 Å². The minimum absolute atomic E-state index is 0.170. The number of nitrogens with zero attached hydrogens (tertiary/aromatic N) is 1. The lowest BCUT2D eigenvalue weighted by molar-refractivity contribution is -0.130. The molecule has 2 nitrogen and oxygen atoms in total. The summed E-state index contributed by atoms with van der Waals surface area (Å²) in [5.74, 6) is 0.170. The van der Waals surface area contributed by atoms with Gasteiger partial charge in [0.2, 0.25) is 5.91 Å². The summed E-state index contributed by atoms with van der Waals surface area (Å²) in [6.45, 7) is 2.55. The number of benzene rings is 3. The fraction of sp³-hybridized carbons (Fsp3) is 0.174. The maximum Gasteiger partial charge on any atom is 0.222 e. The number of hydrogen-bond acceptors (Lipinski definition) is 1. The summed E-state index contributed by atoms with van der Waals surface area (Å²) >= 11 is 0. The topological polar surface area (TPSA) is 20.3 Å². The molecule has 3 aromatic rings. The third-order valence-electron chi connectivity index (χ3n) is 4.40. The molecule has 0 aliphatic rings. The predicted molar refractivity (Wildman–Crippen MR) is 112 cm³/mol. The van der Waals surface area contributed by atoms with Gasteiger partial charge in [0.1, 0.15) is 0 Å². The molecule has 0 heterocycles. The van der Waals surface area contributed by atoms with Crippen molar-refractivity contribution in [3.05, 3.63) is 90.5 Å². The van der Waals surface area contributed by atoms with E-state index in [0.29, 0.717) is 13.0 Å². The quantitative estimate of drug-likeness (QED) is 0.612. The van der Waals surface area contributed by atoms with Crippen molar-refractivity contribution in [2.75, 3.05) is 7.05 Å². The number of hydrogen-bond donors (Lipinski definition) is 0. The molecule has 0 aliphatic heterocycles. The van der Waals surface area contributed by atoms with Gasteiger partial charge in [-0.3, -0.25) is 4.79 Å². The van der Waals surface area contributed by atoms with Crippen molar-refractivity contribution >= 4 is 29.7 Å². The van der Waals surface area contributed by atoms with E-state index in [4.69, 9.17) is 0 Å². The summed E-state index contributed by atoms with van der Waals surface area (Å²) < 4.78 is 0. The van der Waals surface area contributed by atoms with Crippen molar-refractivity contribution in [3.63, 3.8) is 0 Å². The fourth-order valence-electron chi connectivity index (χ4n) is 3.06. The van der Waals surface area contributed by atoms with Gasteiger partial charge in [-0.05, 0) is 29.4 Å². The molecule has 0 fully saturated rings. The zero-order valence-corrected chi connectivity index (χ0v) is 16.2. The Kier molecular flexibility index (Phi) is 6.20. The van der Waals surface area contributed by atoms with Gasteiger partial charge in [0.25, 0.3) is 0 Å². The average Bonchev–Trinajstić information content (AvgIpc) is 2.70. The molecule has 3 rings (SSSR count). The molecule has 0 radical (unpaired) electrons. The maximum absolute atomic E-state index is 12.1. The highest BCUT2D eigenvalue weighted by atomic mass is 31.1. The molecule has 0 aromatic heterocycles. The Morgan fingerprint density at radius 3 is 1.85 bits per heavy atom. The summed E-state index contributed by atoms with van der Waals surface area (Å²) in [5, 5.41) is 3.96. The van der Waals surface area contributed by atoms with Crippen molar-refractivity contribution < 1.29 is 4.79 Å². The van der Waals surface area contributed by atoms with Crippen molar-refractivity contribution in [1.82, 2.24) is 4.90 Å². The van der Waals surface area contributed by atoms with E-state index in [1.807, 2.05) is 18.9 Å².